The third-order valence-electron chi connectivity index (χ3n) is 3.31. The molecule has 0 bridgehead atoms. The molecule has 2 fully saturated rings. The largest absolute Gasteiger partial charge is 0.298 e. The molecule has 1 unspecified atom stereocenters. The number of hydrogen-bond acceptors (Lipinski definition) is 2. The fourth-order valence-electron chi connectivity index (χ4n) is 2.79. The van der Waals surface area contributed by atoms with Crippen LogP contribution in [0.5, 0.6) is 0 Å². The molecule has 12 heavy (non-hydrogen) atoms. The van der Waals surface area contributed by atoms with Gasteiger partial charge in [0.1, 0.15) is 0 Å². The molecule has 4 atom stereocenters. The molecular weight excluding hydrogens is 150 g/mol. The van der Waals surface area contributed by atoms with Crippen molar-refractivity contribution < 1.29 is 4.79 Å². The summed E-state index contributed by atoms with van der Waals surface area (Å²) in [4.78, 5) is 11.3. The van der Waals surface area contributed by atoms with Crippen LogP contribution in [0.2, 0.25) is 0 Å². The van der Waals surface area contributed by atoms with Crippen LogP contribution < -0.4 is 0 Å². The Morgan fingerprint density at radius 1 is 1.50 bits per heavy atom. The Morgan fingerprint density at radius 3 is 2.58 bits per heavy atom. The molecule has 2 saturated carbocycles. The Labute approximate surface area is 72.6 Å². The topological polar surface area (TPSA) is 40.9 Å². The highest BCUT2D eigenvalue weighted by Gasteiger charge is 2.57. The molecule has 2 aliphatic carbocycles. The van der Waals surface area contributed by atoms with Crippen molar-refractivity contribution in [2.24, 2.45) is 23.7 Å². The lowest BCUT2D eigenvalue weighted by Gasteiger charge is -2.05. The highest BCUT2D eigenvalue weighted by Crippen LogP contribution is 2.59. The van der Waals surface area contributed by atoms with E-state index in [9.17, 15) is 4.79 Å². The summed E-state index contributed by atoms with van der Waals surface area (Å²) < 4.78 is 0. The molecule has 0 heterocycles. The third kappa shape index (κ3) is 1.04. The molecule has 0 aromatic heterocycles. The Balaban J connectivity index is 1.90. The molecule has 0 spiro atoms. The number of nitriles is 1. The van der Waals surface area contributed by atoms with Crippen LogP contribution in [-0.2, 0) is 4.79 Å². The molecule has 2 rings (SSSR count). The van der Waals surface area contributed by atoms with Crippen molar-refractivity contribution in [3.05, 3.63) is 0 Å². The molecule has 0 aliphatic heterocycles. The molecule has 0 saturated heterocycles. The van der Waals surface area contributed by atoms with Gasteiger partial charge in [0.15, 0.2) is 5.78 Å². The van der Waals surface area contributed by atoms with Crippen LogP contribution in [-0.4, -0.2) is 5.78 Å². The normalized spacial score (nSPS) is 43.3. The first-order chi connectivity index (χ1) is 5.74. The molecular formula is C10H13NO. The van der Waals surface area contributed by atoms with Gasteiger partial charge in [-0.05, 0) is 30.6 Å². The molecule has 0 radical (unpaired) electrons. The summed E-state index contributed by atoms with van der Waals surface area (Å²) in [5.41, 5.74) is 0. The molecule has 2 aliphatic rings. The SMILES string of the molecule is CC1C[C@@H]2[C@H](C1)[C@H]2C(=O)CC#N. The summed E-state index contributed by atoms with van der Waals surface area (Å²) in [6.07, 6.45) is 2.56. The van der Waals surface area contributed by atoms with E-state index in [0.717, 1.165) is 5.92 Å². The number of fused-ring (bicyclic) bond motifs is 1. The van der Waals surface area contributed by atoms with Gasteiger partial charge in [0.25, 0.3) is 0 Å². The van der Waals surface area contributed by atoms with Crippen LogP contribution in [0.25, 0.3) is 0 Å². The van der Waals surface area contributed by atoms with Gasteiger partial charge in [0.05, 0.1) is 12.5 Å². The average molecular weight is 163 g/mol. The summed E-state index contributed by atoms with van der Waals surface area (Å²) in [7, 11) is 0. The Hall–Kier alpha value is -0.840. The van der Waals surface area contributed by atoms with Crippen molar-refractivity contribution in [2.45, 2.75) is 26.2 Å². The number of hydrogen-bond donors (Lipinski definition) is 0. The maximum Gasteiger partial charge on any atom is 0.150 e. The van der Waals surface area contributed by atoms with Crippen LogP contribution in [0.3, 0.4) is 0 Å². The Kier molecular flexibility index (Phi) is 1.68. The smallest absolute Gasteiger partial charge is 0.150 e. The van der Waals surface area contributed by atoms with E-state index < -0.39 is 0 Å². The van der Waals surface area contributed by atoms with Crippen molar-refractivity contribution >= 4 is 5.78 Å². The van der Waals surface area contributed by atoms with E-state index in [0.29, 0.717) is 11.8 Å². The standard InChI is InChI=1S/C10H13NO/c1-6-4-7-8(5-6)10(7)9(12)2-3-11/h6-8,10H,2,4-5H2,1H3/t6?,7-,8+,10+. The highest BCUT2D eigenvalue weighted by molar-refractivity contribution is 5.86. The van der Waals surface area contributed by atoms with Gasteiger partial charge in [0, 0.05) is 5.92 Å². The number of nitrogens with zero attached hydrogens (tertiary/aromatic N) is 1. The maximum atomic E-state index is 11.3. The van der Waals surface area contributed by atoms with Gasteiger partial charge < -0.3 is 0 Å². The van der Waals surface area contributed by atoms with E-state index in [1.807, 2.05) is 6.07 Å². The lowest BCUT2D eigenvalue weighted by Crippen LogP contribution is -2.06. The minimum Gasteiger partial charge on any atom is -0.298 e. The number of carbonyl (C=O) groups excluding carboxylic acids is 1. The van der Waals surface area contributed by atoms with Crippen LogP contribution >= 0.6 is 0 Å². The molecule has 64 valence electrons. The molecule has 2 heteroatoms. The van der Waals surface area contributed by atoms with Crippen molar-refractivity contribution in [1.82, 2.24) is 0 Å². The molecule has 0 N–H and O–H groups in total. The molecule has 0 aromatic carbocycles. The van der Waals surface area contributed by atoms with Gasteiger partial charge in [-0.1, -0.05) is 6.92 Å². The first-order valence-electron chi connectivity index (χ1n) is 4.63. The van der Waals surface area contributed by atoms with E-state index >= 15 is 0 Å². The molecule has 0 aromatic rings. The summed E-state index contributed by atoms with van der Waals surface area (Å²) in [6.45, 7) is 2.25. The third-order valence-corrected chi connectivity index (χ3v) is 3.31. The summed E-state index contributed by atoms with van der Waals surface area (Å²) in [5.74, 6) is 2.59. The van der Waals surface area contributed by atoms with E-state index in [1.165, 1.54) is 12.8 Å². The lowest BCUT2D eigenvalue weighted by atomic mass is 9.99. The zero-order valence-electron chi connectivity index (χ0n) is 7.29. The summed E-state index contributed by atoms with van der Waals surface area (Å²) in [5, 5.41) is 8.36. The lowest BCUT2D eigenvalue weighted by molar-refractivity contribution is -0.120. The van der Waals surface area contributed by atoms with E-state index in [4.69, 9.17) is 5.26 Å². The van der Waals surface area contributed by atoms with Crippen molar-refractivity contribution in [2.75, 3.05) is 0 Å². The van der Waals surface area contributed by atoms with Crippen molar-refractivity contribution in [3.8, 4) is 6.07 Å². The van der Waals surface area contributed by atoms with Crippen LogP contribution in [0.1, 0.15) is 26.2 Å². The van der Waals surface area contributed by atoms with Crippen molar-refractivity contribution in [3.63, 3.8) is 0 Å². The second-order valence-corrected chi connectivity index (χ2v) is 4.23. The first kappa shape index (κ1) is 7.79. The second-order valence-electron chi connectivity index (χ2n) is 4.23. The fraction of sp³-hybridized carbons (Fsp3) is 0.800. The predicted molar refractivity (Wildman–Crippen MR) is 44.1 cm³/mol. The van der Waals surface area contributed by atoms with Crippen molar-refractivity contribution in [1.29, 1.82) is 5.26 Å². The van der Waals surface area contributed by atoms with Gasteiger partial charge in [0.2, 0.25) is 0 Å². The van der Waals surface area contributed by atoms with E-state index in [1.54, 1.807) is 0 Å². The zero-order chi connectivity index (χ0) is 8.72. The fourth-order valence-corrected chi connectivity index (χ4v) is 2.79. The minimum atomic E-state index is 0.131. The van der Waals surface area contributed by atoms with Crippen LogP contribution in [0.4, 0.5) is 0 Å². The average Bonchev–Trinajstić information content (AvgIpc) is 2.51. The highest BCUT2D eigenvalue weighted by atomic mass is 16.1. The van der Waals surface area contributed by atoms with Crippen LogP contribution in [0.15, 0.2) is 0 Å². The quantitative estimate of drug-likeness (QED) is 0.622. The maximum absolute atomic E-state index is 11.3. The Morgan fingerprint density at radius 2 is 2.08 bits per heavy atom. The molecule has 2 nitrogen and oxygen atoms in total. The number of Topliss-reactive ketones (excluding diaryl/α,β-unsaturated/α-hetero) is 1. The van der Waals surface area contributed by atoms with Gasteiger partial charge in [-0.15, -0.1) is 0 Å². The van der Waals surface area contributed by atoms with Gasteiger partial charge in [-0.2, -0.15) is 5.26 Å². The second kappa shape index (κ2) is 2.58. The first-order valence-corrected chi connectivity index (χ1v) is 4.63. The summed E-state index contributed by atoms with van der Waals surface area (Å²) in [6, 6.07) is 1.94. The van der Waals surface area contributed by atoms with E-state index in [-0.39, 0.29) is 18.1 Å². The van der Waals surface area contributed by atoms with Gasteiger partial charge >= 0.3 is 0 Å². The number of ketones is 1. The molecule has 0 amide bonds. The monoisotopic (exact) mass is 163 g/mol. The Bertz CT molecular complexity index is 241. The minimum absolute atomic E-state index is 0.131. The van der Waals surface area contributed by atoms with Gasteiger partial charge in [-0.25, -0.2) is 0 Å². The van der Waals surface area contributed by atoms with Crippen LogP contribution in [0, 0.1) is 35.0 Å². The number of carbonyl (C=O) groups is 1. The van der Waals surface area contributed by atoms with E-state index in [2.05, 4.69) is 6.92 Å². The summed E-state index contributed by atoms with van der Waals surface area (Å²) >= 11 is 0. The number of rotatable bonds is 2. The zero-order valence-corrected chi connectivity index (χ0v) is 7.29. The predicted octanol–water partition coefficient (Wildman–Crippen LogP) is 1.76. The van der Waals surface area contributed by atoms with Gasteiger partial charge in [-0.3, -0.25) is 4.79 Å².